The molecule has 0 unspecified atom stereocenters. The number of carbonyl (C=O) groups is 1. The van der Waals surface area contributed by atoms with Crippen LogP contribution in [0.4, 0.5) is 0 Å². The predicted octanol–water partition coefficient (Wildman–Crippen LogP) is 7.57. The Hall–Kier alpha value is -3.02. The van der Waals surface area contributed by atoms with Crippen molar-refractivity contribution in [2.24, 2.45) is 4.99 Å². The Balaban J connectivity index is 1.57. The minimum absolute atomic E-state index is 0.196. The number of fused-ring (bicyclic) bond motifs is 1. The molecule has 3 aromatic carbocycles. The van der Waals surface area contributed by atoms with Crippen LogP contribution in [-0.2, 0) is 16.1 Å². The summed E-state index contributed by atoms with van der Waals surface area (Å²) in [5, 5.41) is 1.04. The fourth-order valence-electron chi connectivity index (χ4n) is 4.87. The van der Waals surface area contributed by atoms with Gasteiger partial charge in [-0.25, -0.2) is 9.79 Å². The van der Waals surface area contributed by atoms with E-state index in [-0.39, 0.29) is 18.3 Å². The van der Waals surface area contributed by atoms with Crippen molar-refractivity contribution in [1.29, 1.82) is 0 Å². The molecule has 1 atom stereocenters. The largest absolute Gasteiger partial charge is 0.493 e. The summed E-state index contributed by atoms with van der Waals surface area (Å²) in [4.78, 5) is 33.7. The number of thioether (sulfide) groups is 1. The molecule has 0 saturated carbocycles. The molecule has 234 valence electrons. The Morgan fingerprint density at radius 1 is 1.16 bits per heavy atom. The Bertz CT molecular complexity index is 1990. The first kappa shape index (κ1) is 33.3. The Morgan fingerprint density at radius 3 is 2.53 bits per heavy atom. The van der Waals surface area contributed by atoms with E-state index >= 15 is 0 Å². The Morgan fingerprint density at radius 2 is 1.89 bits per heavy atom. The van der Waals surface area contributed by atoms with Crippen LogP contribution in [0, 0.1) is 0 Å². The Labute approximate surface area is 287 Å². The van der Waals surface area contributed by atoms with Crippen molar-refractivity contribution >= 4 is 74.3 Å². The molecule has 0 amide bonds. The second kappa shape index (κ2) is 14.2. The molecular formula is C33H29BrCl2N2O5S2. The number of thiazole rings is 1. The van der Waals surface area contributed by atoms with Crippen LogP contribution >= 0.6 is 62.2 Å². The summed E-state index contributed by atoms with van der Waals surface area (Å²) < 4.78 is 20.0. The first-order valence-electron chi connectivity index (χ1n) is 13.8. The molecule has 1 aliphatic rings. The van der Waals surface area contributed by atoms with Crippen molar-refractivity contribution < 1.29 is 19.0 Å². The quantitative estimate of drug-likeness (QED) is 0.130. The molecule has 4 aromatic rings. The van der Waals surface area contributed by atoms with E-state index in [4.69, 9.17) is 37.4 Å². The van der Waals surface area contributed by atoms with Gasteiger partial charge in [0.15, 0.2) is 16.3 Å². The number of methoxy groups -OCH3 is 1. The number of esters is 1. The van der Waals surface area contributed by atoms with Crippen molar-refractivity contribution in [1.82, 2.24) is 4.57 Å². The summed E-state index contributed by atoms with van der Waals surface area (Å²) in [5.74, 6) is 0.457. The average molecular weight is 749 g/mol. The van der Waals surface area contributed by atoms with E-state index in [0.717, 1.165) is 16.0 Å². The summed E-state index contributed by atoms with van der Waals surface area (Å²) in [6.45, 7) is 5.55. The molecule has 0 radical (unpaired) electrons. The molecule has 1 aliphatic heterocycles. The highest BCUT2D eigenvalue weighted by Gasteiger charge is 2.33. The van der Waals surface area contributed by atoms with Crippen molar-refractivity contribution in [3.63, 3.8) is 0 Å². The monoisotopic (exact) mass is 746 g/mol. The van der Waals surface area contributed by atoms with Crippen LogP contribution in [0.3, 0.4) is 0 Å². The molecule has 0 spiro atoms. The van der Waals surface area contributed by atoms with E-state index in [0.29, 0.717) is 52.2 Å². The van der Waals surface area contributed by atoms with Gasteiger partial charge in [0.05, 0.1) is 39.5 Å². The van der Waals surface area contributed by atoms with Crippen LogP contribution in [0.15, 0.2) is 85.0 Å². The number of ether oxygens (including phenoxy) is 3. The number of aromatic nitrogens is 1. The van der Waals surface area contributed by atoms with Crippen molar-refractivity contribution in [3.05, 3.63) is 117 Å². The molecule has 0 saturated heterocycles. The third-order valence-electron chi connectivity index (χ3n) is 6.95. The van der Waals surface area contributed by atoms with Gasteiger partial charge in [-0.05, 0) is 96.6 Å². The van der Waals surface area contributed by atoms with E-state index in [9.17, 15) is 9.59 Å². The molecule has 0 bridgehead atoms. The number of rotatable bonds is 9. The van der Waals surface area contributed by atoms with E-state index in [1.807, 2.05) is 36.6 Å². The average Bonchev–Trinajstić information content (AvgIpc) is 3.29. The number of nitrogens with zero attached hydrogens (tertiary/aromatic N) is 2. The highest BCUT2D eigenvalue weighted by Crippen LogP contribution is 2.38. The minimum Gasteiger partial charge on any atom is -0.493 e. The summed E-state index contributed by atoms with van der Waals surface area (Å²) >= 11 is 18.8. The second-order valence-corrected chi connectivity index (χ2v) is 14.0. The molecule has 0 aliphatic carbocycles. The highest BCUT2D eigenvalue weighted by molar-refractivity contribution is 9.10. The van der Waals surface area contributed by atoms with Crippen molar-refractivity contribution in [2.75, 3.05) is 13.4 Å². The molecule has 1 aromatic heterocycles. The van der Waals surface area contributed by atoms with Crippen LogP contribution in [0.2, 0.25) is 10.0 Å². The SMILES string of the molecule is COc1cc(/C=c2\sc3n(c2=O)[C@H](c2ccc(SC)cc2)C(C(=O)OC(C)C)=C(C)N=3)cc(Br)c1OCc1ccc(Cl)cc1Cl. The maximum absolute atomic E-state index is 14.1. The van der Waals surface area contributed by atoms with E-state index in [1.54, 1.807) is 74.6 Å². The van der Waals surface area contributed by atoms with Gasteiger partial charge in [0.1, 0.15) is 6.61 Å². The lowest BCUT2D eigenvalue weighted by Crippen LogP contribution is -2.40. The molecule has 7 nitrogen and oxygen atoms in total. The summed E-state index contributed by atoms with van der Waals surface area (Å²) in [6.07, 6.45) is 3.44. The lowest BCUT2D eigenvalue weighted by molar-refractivity contribution is -0.143. The first-order valence-corrected chi connectivity index (χ1v) is 17.4. The van der Waals surface area contributed by atoms with Crippen LogP contribution in [0.1, 0.15) is 43.5 Å². The Kier molecular flexibility index (Phi) is 10.5. The maximum Gasteiger partial charge on any atom is 0.338 e. The van der Waals surface area contributed by atoms with E-state index in [2.05, 4.69) is 20.9 Å². The summed E-state index contributed by atoms with van der Waals surface area (Å²) in [7, 11) is 1.55. The number of benzene rings is 3. The number of carbonyl (C=O) groups excluding carboxylic acids is 1. The highest BCUT2D eigenvalue weighted by atomic mass is 79.9. The van der Waals surface area contributed by atoms with Gasteiger partial charge in [0.2, 0.25) is 0 Å². The topological polar surface area (TPSA) is 79.1 Å². The number of halogens is 3. The van der Waals surface area contributed by atoms with Crippen LogP contribution < -0.4 is 24.4 Å². The minimum atomic E-state index is -0.692. The first-order chi connectivity index (χ1) is 21.5. The van der Waals surface area contributed by atoms with Gasteiger partial charge in [0, 0.05) is 20.5 Å². The van der Waals surface area contributed by atoms with Crippen molar-refractivity contribution in [3.8, 4) is 11.5 Å². The zero-order chi connectivity index (χ0) is 32.4. The van der Waals surface area contributed by atoms with Gasteiger partial charge in [-0.3, -0.25) is 9.36 Å². The zero-order valence-electron chi connectivity index (χ0n) is 25.0. The van der Waals surface area contributed by atoms with Crippen molar-refractivity contribution in [2.45, 2.75) is 44.4 Å². The van der Waals surface area contributed by atoms with E-state index in [1.165, 1.54) is 11.3 Å². The molecule has 0 N–H and O–H groups in total. The van der Waals surface area contributed by atoms with Gasteiger partial charge in [0.25, 0.3) is 5.56 Å². The smallest absolute Gasteiger partial charge is 0.338 e. The van der Waals surface area contributed by atoms with Crippen LogP contribution in [0.25, 0.3) is 6.08 Å². The van der Waals surface area contributed by atoms with E-state index < -0.39 is 12.0 Å². The molecule has 45 heavy (non-hydrogen) atoms. The van der Waals surface area contributed by atoms with Crippen LogP contribution in [0.5, 0.6) is 11.5 Å². The lowest BCUT2D eigenvalue weighted by Gasteiger charge is -2.25. The lowest BCUT2D eigenvalue weighted by atomic mass is 9.96. The molecular weight excluding hydrogens is 719 g/mol. The van der Waals surface area contributed by atoms with Gasteiger partial charge in [-0.1, -0.05) is 52.7 Å². The third-order valence-corrected chi connectivity index (χ3v) is 9.86. The summed E-state index contributed by atoms with van der Waals surface area (Å²) in [6, 6.07) is 16.0. The fourth-order valence-corrected chi connectivity index (χ4v) is 7.36. The molecule has 12 heteroatoms. The third kappa shape index (κ3) is 7.20. The molecule has 2 heterocycles. The maximum atomic E-state index is 14.1. The second-order valence-electron chi connectivity index (χ2n) is 10.4. The zero-order valence-corrected chi connectivity index (χ0v) is 29.8. The molecule has 0 fully saturated rings. The molecule has 5 rings (SSSR count). The predicted molar refractivity (Wildman–Crippen MR) is 185 cm³/mol. The number of hydrogen-bond donors (Lipinski definition) is 0. The number of allylic oxidation sites excluding steroid dienone is 1. The van der Waals surface area contributed by atoms with Gasteiger partial charge in [-0.2, -0.15) is 0 Å². The summed E-state index contributed by atoms with van der Waals surface area (Å²) in [5.41, 5.74) is 2.84. The van der Waals surface area contributed by atoms with Gasteiger partial charge >= 0.3 is 5.97 Å². The standard InChI is InChI=1S/C33H29BrCl2N2O5S2/c1-17(2)43-32(40)28-18(3)37-33-38(29(28)20-7-10-23(44-5)11-8-20)31(39)27(45-33)14-19-12-24(34)30(26(13-19)41-4)42-16-21-6-9-22(35)15-25(21)36/h6-15,17,29H,16H2,1-5H3/b27-14-/t29-/m1/s1. The van der Waals surface area contributed by atoms with Gasteiger partial charge in [-0.15, -0.1) is 11.8 Å². The normalized spacial score (nSPS) is 14.8. The van der Waals surface area contributed by atoms with Crippen LogP contribution in [-0.4, -0.2) is 30.0 Å². The van der Waals surface area contributed by atoms with Gasteiger partial charge < -0.3 is 14.2 Å². The fraction of sp³-hybridized carbons (Fsp3) is 0.242. The number of hydrogen-bond acceptors (Lipinski definition) is 8.